The van der Waals surface area contributed by atoms with Crippen LogP contribution in [0.5, 0.6) is 0 Å². The molecule has 0 bridgehead atoms. The second-order valence-electron chi connectivity index (χ2n) is 4.79. The maximum absolute atomic E-state index is 11.8. The summed E-state index contributed by atoms with van der Waals surface area (Å²) in [5.74, 6) is 0.447. The Morgan fingerprint density at radius 3 is 2.78 bits per heavy atom. The summed E-state index contributed by atoms with van der Waals surface area (Å²) in [6.45, 7) is 0. The minimum atomic E-state index is -0.220. The van der Waals surface area contributed by atoms with E-state index in [0.717, 1.165) is 11.3 Å². The first kappa shape index (κ1) is 15.0. The molecule has 2 aromatic carbocycles. The zero-order valence-corrected chi connectivity index (χ0v) is 12.9. The van der Waals surface area contributed by atoms with Crippen LogP contribution in [0.4, 0.5) is 5.69 Å². The number of hydrogen-bond acceptors (Lipinski definition) is 2. The minimum absolute atomic E-state index is 0.220. The molecule has 1 heterocycles. The highest BCUT2D eigenvalue weighted by molar-refractivity contribution is 6.30. The third-order valence-corrected chi connectivity index (χ3v) is 3.31. The normalized spacial score (nSPS) is 10.8. The van der Waals surface area contributed by atoms with Gasteiger partial charge in [0.05, 0.1) is 0 Å². The van der Waals surface area contributed by atoms with Gasteiger partial charge < -0.3 is 5.32 Å². The van der Waals surface area contributed by atoms with E-state index in [4.69, 9.17) is 11.6 Å². The molecular weight excluding hydrogens is 312 g/mol. The number of benzene rings is 2. The van der Waals surface area contributed by atoms with Crippen molar-refractivity contribution in [2.75, 3.05) is 5.32 Å². The van der Waals surface area contributed by atoms with E-state index in [1.807, 2.05) is 48.5 Å². The molecule has 2 N–H and O–H groups in total. The number of carbonyl (C=O) groups is 1. The molecule has 0 saturated carbocycles. The summed E-state index contributed by atoms with van der Waals surface area (Å²) >= 11 is 5.97. The van der Waals surface area contributed by atoms with Gasteiger partial charge in [0.1, 0.15) is 6.20 Å². The first-order valence-corrected chi connectivity index (χ1v) is 7.35. The molecular formula is C17H14ClN4O+. The minimum Gasteiger partial charge on any atom is -0.322 e. The van der Waals surface area contributed by atoms with Crippen LogP contribution in [0.3, 0.4) is 0 Å². The lowest BCUT2D eigenvalue weighted by Gasteiger charge is -1.99. The molecule has 0 saturated heterocycles. The molecule has 23 heavy (non-hydrogen) atoms. The molecule has 0 aliphatic carbocycles. The van der Waals surface area contributed by atoms with Gasteiger partial charge in [-0.1, -0.05) is 35.9 Å². The van der Waals surface area contributed by atoms with Crippen molar-refractivity contribution in [2.45, 2.75) is 0 Å². The van der Waals surface area contributed by atoms with E-state index < -0.39 is 0 Å². The molecule has 114 valence electrons. The smallest absolute Gasteiger partial charge is 0.312 e. The Balaban J connectivity index is 1.68. The number of H-pyrrole nitrogens is 1. The van der Waals surface area contributed by atoms with Crippen LogP contribution in [0.1, 0.15) is 0 Å². The molecule has 1 aromatic heterocycles. The number of amides is 1. The highest BCUT2D eigenvalue weighted by Gasteiger charge is 2.10. The first-order chi connectivity index (χ1) is 11.2. The number of aromatic amines is 1. The number of para-hydroxylation sites is 1. The zero-order chi connectivity index (χ0) is 16.1. The lowest BCUT2D eigenvalue weighted by molar-refractivity contribution is -0.630. The van der Waals surface area contributed by atoms with E-state index in [2.05, 4.69) is 15.4 Å². The molecule has 0 aliphatic heterocycles. The van der Waals surface area contributed by atoms with Crippen LogP contribution in [0.2, 0.25) is 5.02 Å². The number of hydrogen-bond donors (Lipinski definition) is 2. The molecule has 0 aliphatic rings. The van der Waals surface area contributed by atoms with Crippen molar-refractivity contribution in [1.29, 1.82) is 0 Å². The second kappa shape index (κ2) is 6.89. The van der Waals surface area contributed by atoms with Crippen LogP contribution in [0.15, 0.2) is 67.0 Å². The van der Waals surface area contributed by atoms with Crippen LogP contribution in [-0.4, -0.2) is 16.0 Å². The summed E-state index contributed by atoms with van der Waals surface area (Å²) in [6, 6.07) is 16.6. The summed E-state index contributed by atoms with van der Waals surface area (Å²) in [5.41, 5.74) is 1.62. The Morgan fingerprint density at radius 1 is 1.17 bits per heavy atom. The van der Waals surface area contributed by atoms with Crippen LogP contribution in [0.25, 0.3) is 17.6 Å². The van der Waals surface area contributed by atoms with Crippen molar-refractivity contribution in [3.63, 3.8) is 0 Å². The van der Waals surface area contributed by atoms with Gasteiger partial charge in [0, 0.05) is 22.3 Å². The van der Waals surface area contributed by atoms with Gasteiger partial charge in [-0.15, -0.1) is 4.68 Å². The average Bonchev–Trinajstić information content (AvgIpc) is 3.03. The maximum atomic E-state index is 11.8. The average molecular weight is 326 g/mol. The van der Waals surface area contributed by atoms with Crippen molar-refractivity contribution in [3.8, 4) is 11.4 Å². The number of carbonyl (C=O) groups excluding carboxylic acids is 1. The number of rotatable bonds is 4. The Bertz CT molecular complexity index is 843. The largest absolute Gasteiger partial charge is 0.322 e. The van der Waals surface area contributed by atoms with E-state index >= 15 is 0 Å². The van der Waals surface area contributed by atoms with E-state index in [1.54, 1.807) is 23.3 Å². The fraction of sp³-hybridized carbons (Fsp3) is 0. The van der Waals surface area contributed by atoms with Gasteiger partial charge >= 0.3 is 6.33 Å². The molecule has 0 unspecified atom stereocenters. The fourth-order valence-electron chi connectivity index (χ4n) is 2.00. The van der Waals surface area contributed by atoms with Gasteiger partial charge in [0.2, 0.25) is 0 Å². The standard InChI is InChI=1S/C17H13ClN4O/c18-14-6-4-5-13(11-14)17-19-12-22(21-17)10-9-16(23)20-15-7-2-1-3-8-15/h1-12H,(H,20,23)/p+1/b10-9-. The number of anilines is 1. The van der Waals surface area contributed by atoms with Crippen LogP contribution >= 0.6 is 11.6 Å². The Labute approximate surface area is 138 Å². The summed E-state index contributed by atoms with van der Waals surface area (Å²) < 4.78 is 1.60. The quantitative estimate of drug-likeness (QED) is 0.572. The molecule has 0 spiro atoms. The molecule has 3 aromatic rings. The Morgan fingerprint density at radius 2 is 2.00 bits per heavy atom. The van der Waals surface area contributed by atoms with E-state index in [0.29, 0.717) is 10.8 Å². The third-order valence-electron chi connectivity index (χ3n) is 3.07. The summed E-state index contributed by atoms with van der Waals surface area (Å²) in [5, 5.41) is 6.47. The Hall–Kier alpha value is -2.92. The molecule has 0 fully saturated rings. The van der Waals surface area contributed by atoms with E-state index in [-0.39, 0.29) is 5.91 Å². The van der Waals surface area contributed by atoms with Crippen molar-refractivity contribution in [2.24, 2.45) is 0 Å². The van der Waals surface area contributed by atoms with Crippen LogP contribution in [0, 0.1) is 0 Å². The SMILES string of the molecule is O=C(/C=C\[n+]1cnc(-c2cccc(Cl)c2)[nH]1)Nc1ccccc1. The zero-order valence-electron chi connectivity index (χ0n) is 12.1. The van der Waals surface area contributed by atoms with Gasteiger partial charge in [-0.25, -0.2) is 0 Å². The van der Waals surface area contributed by atoms with Crippen molar-refractivity contribution < 1.29 is 9.48 Å². The van der Waals surface area contributed by atoms with Crippen LogP contribution < -0.4 is 10.00 Å². The number of halogens is 1. The van der Waals surface area contributed by atoms with Gasteiger partial charge in [0.15, 0.2) is 0 Å². The predicted octanol–water partition coefficient (Wildman–Crippen LogP) is 3.13. The second-order valence-corrected chi connectivity index (χ2v) is 5.23. The highest BCUT2D eigenvalue weighted by atomic mass is 35.5. The fourth-order valence-corrected chi connectivity index (χ4v) is 2.19. The van der Waals surface area contributed by atoms with Crippen LogP contribution in [-0.2, 0) is 4.79 Å². The van der Waals surface area contributed by atoms with E-state index in [1.165, 1.54) is 6.08 Å². The summed E-state index contributed by atoms with van der Waals surface area (Å²) in [7, 11) is 0. The first-order valence-electron chi connectivity index (χ1n) is 6.97. The predicted molar refractivity (Wildman–Crippen MR) is 89.6 cm³/mol. The lowest BCUT2D eigenvalue weighted by atomic mass is 10.2. The molecule has 1 amide bonds. The molecule has 5 nitrogen and oxygen atoms in total. The lowest BCUT2D eigenvalue weighted by Crippen LogP contribution is -2.27. The summed E-state index contributed by atoms with van der Waals surface area (Å²) in [4.78, 5) is 16.1. The number of aromatic nitrogens is 3. The topological polar surface area (TPSA) is 61.7 Å². The van der Waals surface area contributed by atoms with Gasteiger partial charge in [-0.3, -0.25) is 4.79 Å². The van der Waals surface area contributed by atoms with Crippen molar-refractivity contribution in [3.05, 3.63) is 72.0 Å². The van der Waals surface area contributed by atoms with Crippen molar-refractivity contribution >= 4 is 29.4 Å². The molecule has 6 heteroatoms. The molecule has 0 radical (unpaired) electrons. The monoisotopic (exact) mass is 325 g/mol. The van der Waals surface area contributed by atoms with Gasteiger partial charge in [-0.05, 0) is 35.3 Å². The highest BCUT2D eigenvalue weighted by Crippen LogP contribution is 2.17. The molecule has 0 atom stereocenters. The third kappa shape index (κ3) is 4.05. The number of nitrogens with zero attached hydrogens (tertiary/aromatic N) is 2. The summed E-state index contributed by atoms with van der Waals surface area (Å²) in [6.07, 6.45) is 4.61. The Kier molecular flexibility index (Phi) is 4.49. The number of nitrogens with one attached hydrogen (secondary N) is 2. The molecule has 3 rings (SSSR count). The van der Waals surface area contributed by atoms with Gasteiger partial charge in [0.25, 0.3) is 11.7 Å². The van der Waals surface area contributed by atoms with E-state index in [9.17, 15) is 4.79 Å². The van der Waals surface area contributed by atoms with Gasteiger partial charge in [-0.2, -0.15) is 5.10 Å². The van der Waals surface area contributed by atoms with Crippen molar-refractivity contribution in [1.82, 2.24) is 10.1 Å². The maximum Gasteiger partial charge on any atom is 0.312 e.